The van der Waals surface area contributed by atoms with Gasteiger partial charge in [-0.3, -0.25) is 13.9 Å². The summed E-state index contributed by atoms with van der Waals surface area (Å²) in [7, 11) is -3.54. The van der Waals surface area contributed by atoms with E-state index >= 15 is 0 Å². The van der Waals surface area contributed by atoms with Gasteiger partial charge in [-0.15, -0.1) is 0 Å². The van der Waals surface area contributed by atoms with Crippen molar-refractivity contribution in [2.45, 2.75) is 59.2 Å². The van der Waals surface area contributed by atoms with Gasteiger partial charge in [0.05, 0.1) is 11.9 Å². The van der Waals surface area contributed by atoms with E-state index in [2.05, 4.69) is 5.32 Å². The molecule has 1 atom stereocenters. The van der Waals surface area contributed by atoms with E-state index in [9.17, 15) is 22.4 Å². The Morgan fingerprint density at radius 1 is 1.00 bits per heavy atom. The van der Waals surface area contributed by atoms with E-state index in [1.54, 1.807) is 31.2 Å². The maximum absolute atomic E-state index is 13.3. The number of amides is 2. The molecule has 7 nitrogen and oxygen atoms in total. The van der Waals surface area contributed by atoms with Gasteiger partial charge >= 0.3 is 0 Å². The van der Waals surface area contributed by atoms with Crippen LogP contribution in [0.2, 0.25) is 0 Å². The first kappa shape index (κ1) is 27.3. The van der Waals surface area contributed by atoms with Gasteiger partial charge in [-0.2, -0.15) is 0 Å². The smallest absolute Gasteiger partial charge is 0.242 e. The Balaban J connectivity index is 2.15. The van der Waals surface area contributed by atoms with Crippen LogP contribution in [0, 0.1) is 12.7 Å². The number of hydrogen-bond acceptors (Lipinski definition) is 4. The van der Waals surface area contributed by atoms with Crippen LogP contribution in [-0.4, -0.2) is 50.0 Å². The molecule has 0 spiro atoms. The zero-order chi connectivity index (χ0) is 25.5. The number of nitrogens with one attached hydrogen (secondary N) is 1. The number of nitrogens with zero attached hydrogens (tertiary/aromatic N) is 2. The van der Waals surface area contributed by atoms with Gasteiger partial charge in [0.25, 0.3) is 0 Å². The molecule has 0 saturated heterocycles. The van der Waals surface area contributed by atoms with Crippen LogP contribution in [0.15, 0.2) is 48.5 Å². The molecule has 34 heavy (non-hydrogen) atoms. The molecule has 186 valence electrons. The Bertz CT molecular complexity index is 1070. The van der Waals surface area contributed by atoms with Gasteiger partial charge in [0.1, 0.15) is 11.9 Å². The quantitative estimate of drug-likeness (QED) is 0.520. The molecule has 0 radical (unpaired) electrons. The lowest BCUT2D eigenvalue weighted by Gasteiger charge is -2.30. The average Bonchev–Trinajstić information content (AvgIpc) is 2.75. The monoisotopic (exact) mass is 491 g/mol. The summed E-state index contributed by atoms with van der Waals surface area (Å²) in [4.78, 5) is 27.2. The standard InChI is InChI=1S/C25H34FN3O4S/c1-18(2)27-25(31)20(4)28(17-21-10-12-22(26)13-11-21)24(30)7-6-16-29(34(5,32)33)23-14-8-19(3)9-15-23/h8-15,18,20H,6-7,16-17H2,1-5H3,(H,27,31)/t20-/m1/s1. The minimum Gasteiger partial charge on any atom is -0.352 e. The third kappa shape index (κ3) is 8.13. The van der Waals surface area contributed by atoms with Gasteiger partial charge in [-0.1, -0.05) is 29.8 Å². The summed E-state index contributed by atoms with van der Waals surface area (Å²) < 4.78 is 39.3. The molecule has 2 aromatic carbocycles. The molecule has 0 fully saturated rings. The fourth-order valence-electron chi connectivity index (χ4n) is 3.49. The van der Waals surface area contributed by atoms with Crippen molar-refractivity contribution in [1.82, 2.24) is 10.2 Å². The highest BCUT2D eigenvalue weighted by Crippen LogP contribution is 2.20. The van der Waals surface area contributed by atoms with Gasteiger partial charge in [0.2, 0.25) is 21.8 Å². The van der Waals surface area contributed by atoms with E-state index in [4.69, 9.17) is 0 Å². The molecule has 0 aliphatic heterocycles. The predicted octanol–water partition coefficient (Wildman–Crippen LogP) is 3.62. The first-order chi connectivity index (χ1) is 15.9. The van der Waals surface area contributed by atoms with E-state index in [1.165, 1.54) is 21.3 Å². The zero-order valence-electron chi connectivity index (χ0n) is 20.4. The number of anilines is 1. The van der Waals surface area contributed by atoms with Crippen molar-refractivity contribution in [1.29, 1.82) is 0 Å². The molecule has 0 aliphatic carbocycles. The van der Waals surface area contributed by atoms with Gasteiger partial charge in [0.15, 0.2) is 0 Å². The summed E-state index contributed by atoms with van der Waals surface area (Å²) in [5.41, 5.74) is 2.24. The highest BCUT2D eigenvalue weighted by molar-refractivity contribution is 7.92. The summed E-state index contributed by atoms with van der Waals surface area (Å²) in [6, 6.07) is 12.1. The topological polar surface area (TPSA) is 86.8 Å². The lowest BCUT2D eigenvalue weighted by atomic mass is 10.1. The molecule has 9 heteroatoms. The molecule has 0 unspecified atom stereocenters. The normalized spacial score (nSPS) is 12.3. The Hall–Kier alpha value is -2.94. The number of sulfonamides is 1. The lowest BCUT2D eigenvalue weighted by Crippen LogP contribution is -2.49. The molecule has 0 aromatic heterocycles. The van der Waals surface area contributed by atoms with Gasteiger partial charge < -0.3 is 10.2 Å². The molecular weight excluding hydrogens is 457 g/mol. The van der Waals surface area contributed by atoms with Crippen LogP contribution in [0.4, 0.5) is 10.1 Å². The first-order valence-corrected chi connectivity index (χ1v) is 13.1. The van der Waals surface area contributed by atoms with E-state index in [0.29, 0.717) is 11.3 Å². The number of aryl methyl sites for hydroxylation is 1. The fourth-order valence-corrected chi connectivity index (χ4v) is 4.45. The highest BCUT2D eigenvalue weighted by Gasteiger charge is 2.27. The number of halogens is 1. The van der Waals surface area contributed by atoms with Crippen LogP contribution in [-0.2, 0) is 26.2 Å². The van der Waals surface area contributed by atoms with Crippen molar-refractivity contribution in [3.63, 3.8) is 0 Å². The molecule has 0 bridgehead atoms. The number of hydrogen-bond donors (Lipinski definition) is 1. The number of rotatable bonds is 11. The second-order valence-corrected chi connectivity index (χ2v) is 10.7. The predicted molar refractivity (Wildman–Crippen MR) is 132 cm³/mol. The molecule has 2 amide bonds. The van der Waals surface area contributed by atoms with Crippen molar-refractivity contribution in [3.8, 4) is 0 Å². The van der Waals surface area contributed by atoms with Crippen LogP contribution in [0.3, 0.4) is 0 Å². The summed E-state index contributed by atoms with van der Waals surface area (Å²) in [6.45, 7) is 7.50. The molecule has 2 aromatic rings. The maximum Gasteiger partial charge on any atom is 0.242 e. The van der Waals surface area contributed by atoms with Crippen molar-refractivity contribution in [3.05, 3.63) is 65.5 Å². The second-order valence-electron chi connectivity index (χ2n) is 8.76. The largest absolute Gasteiger partial charge is 0.352 e. The molecule has 2 rings (SSSR count). The van der Waals surface area contributed by atoms with Crippen LogP contribution >= 0.6 is 0 Å². The third-order valence-corrected chi connectivity index (χ3v) is 6.53. The third-order valence-electron chi connectivity index (χ3n) is 5.34. The van der Waals surface area contributed by atoms with E-state index < -0.39 is 16.1 Å². The van der Waals surface area contributed by atoms with Gasteiger partial charge in [0, 0.05) is 25.6 Å². The summed E-state index contributed by atoms with van der Waals surface area (Å²) in [6.07, 6.45) is 1.46. The molecule has 1 N–H and O–H groups in total. The zero-order valence-corrected chi connectivity index (χ0v) is 21.2. The minimum atomic E-state index is -3.54. The van der Waals surface area contributed by atoms with Crippen LogP contribution in [0.25, 0.3) is 0 Å². The van der Waals surface area contributed by atoms with Crippen molar-refractivity contribution < 1.29 is 22.4 Å². The van der Waals surface area contributed by atoms with Gasteiger partial charge in [-0.25, -0.2) is 12.8 Å². The molecule has 0 heterocycles. The fraction of sp³-hybridized carbons (Fsp3) is 0.440. The van der Waals surface area contributed by atoms with Crippen molar-refractivity contribution in [2.24, 2.45) is 0 Å². The minimum absolute atomic E-state index is 0.0539. The SMILES string of the molecule is Cc1ccc(N(CCCC(=O)N(Cc2ccc(F)cc2)[C@H](C)C(=O)NC(C)C)S(C)(=O)=O)cc1. The number of carbonyl (C=O) groups excluding carboxylic acids is 2. The summed E-state index contributed by atoms with van der Waals surface area (Å²) >= 11 is 0. The van der Waals surface area contributed by atoms with E-state index in [1.807, 2.05) is 32.9 Å². The second kappa shape index (κ2) is 12.0. The van der Waals surface area contributed by atoms with Crippen molar-refractivity contribution in [2.75, 3.05) is 17.1 Å². The average molecular weight is 492 g/mol. The number of benzene rings is 2. The first-order valence-electron chi connectivity index (χ1n) is 11.3. The van der Waals surface area contributed by atoms with Crippen molar-refractivity contribution >= 4 is 27.5 Å². The lowest BCUT2D eigenvalue weighted by molar-refractivity contribution is -0.140. The Kier molecular flexibility index (Phi) is 9.61. The van der Waals surface area contributed by atoms with Gasteiger partial charge in [-0.05, 0) is 63.9 Å². The molecule has 0 saturated carbocycles. The molecular formula is C25H34FN3O4S. The number of carbonyl (C=O) groups is 2. The van der Waals surface area contributed by atoms with E-state index in [0.717, 1.165) is 11.8 Å². The van der Waals surface area contributed by atoms with Crippen LogP contribution in [0.1, 0.15) is 44.7 Å². The Morgan fingerprint density at radius 3 is 2.12 bits per heavy atom. The Morgan fingerprint density at radius 2 is 1.59 bits per heavy atom. The van der Waals surface area contributed by atoms with E-state index in [-0.39, 0.29) is 49.6 Å². The highest BCUT2D eigenvalue weighted by atomic mass is 32.2. The summed E-state index contributed by atoms with van der Waals surface area (Å²) in [5, 5.41) is 2.81. The molecule has 0 aliphatic rings. The van der Waals surface area contributed by atoms with Crippen LogP contribution in [0.5, 0.6) is 0 Å². The Labute approximate surface area is 202 Å². The summed E-state index contributed by atoms with van der Waals surface area (Å²) in [5.74, 6) is -0.958. The van der Waals surface area contributed by atoms with Crippen LogP contribution < -0.4 is 9.62 Å². The maximum atomic E-state index is 13.3.